The SMILES string of the molecule is Cn1ccnc1SC1CCCC1C#N. The van der Waals surface area contributed by atoms with E-state index in [1.807, 2.05) is 17.8 Å². The highest BCUT2D eigenvalue weighted by Gasteiger charge is 2.28. The lowest BCUT2D eigenvalue weighted by Gasteiger charge is -2.11. The van der Waals surface area contributed by atoms with Crippen LogP contribution in [0.3, 0.4) is 0 Å². The molecule has 0 N–H and O–H groups in total. The molecule has 0 spiro atoms. The Morgan fingerprint density at radius 1 is 1.64 bits per heavy atom. The molecule has 4 heteroatoms. The molecule has 2 unspecified atom stereocenters. The topological polar surface area (TPSA) is 41.6 Å². The van der Waals surface area contributed by atoms with Crippen molar-refractivity contribution >= 4 is 11.8 Å². The summed E-state index contributed by atoms with van der Waals surface area (Å²) in [5, 5.41) is 10.4. The smallest absolute Gasteiger partial charge is 0.167 e. The number of imidazole rings is 1. The Morgan fingerprint density at radius 3 is 3.14 bits per heavy atom. The van der Waals surface area contributed by atoms with Crippen LogP contribution in [0.15, 0.2) is 17.6 Å². The van der Waals surface area contributed by atoms with Crippen LogP contribution in [0.5, 0.6) is 0 Å². The monoisotopic (exact) mass is 207 g/mol. The number of nitrogens with zero attached hydrogens (tertiary/aromatic N) is 3. The van der Waals surface area contributed by atoms with E-state index in [0.29, 0.717) is 5.25 Å². The summed E-state index contributed by atoms with van der Waals surface area (Å²) in [5.41, 5.74) is 0. The van der Waals surface area contributed by atoms with Crippen molar-refractivity contribution in [2.24, 2.45) is 13.0 Å². The van der Waals surface area contributed by atoms with Gasteiger partial charge in [0.1, 0.15) is 0 Å². The molecule has 0 aliphatic heterocycles. The minimum Gasteiger partial charge on any atom is -0.329 e. The van der Waals surface area contributed by atoms with Crippen molar-refractivity contribution in [2.75, 3.05) is 0 Å². The summed E-state index contributed by atoms with van der Waals surface area (Å²) in [5.74, 6) is 0.219. The summed E-state index contributed by atoms with van der Waals surface area (Å²) in [7, 11) is 1.99. The Morgan fingerprint density at radius 2 is 2.50 bits per heavy atom. The molecule has 0 radical (unpaired) electrons. The summed E-state index contributed by atoms with van der Waals surface area (Å²) >= 11 is 1.75. The Kier molecular flexibility index (Phi) is 2.78. The molecule has 2 atom stereocenters. The van der Waals surface area contributed by atoms with E-state index in [-0.39, 0.29) is 5.92 Å². The molecule has 0 saturated heterocycles. The highest BCUT2D eigenvalue weighted by molar-refractivity contribution is 7.99. The van der Waals surface area contributed by atoms with Crippen LogP contribution in [0.2, 0.25) is 0 Å². The average molecular weight is 207 g/mol. The average Bonchev–Trinajstić information content (AvgIpc) is 2.77. The highest BCUT2D eigenvalue weighted by Crippen LogP contribution is 2.37. The van der Waals surface area contributed by atoms with Gasteiger partial charge in [-0.2, -0.15) is 5.26 Å². The fourth-order valence-corrected chi connectivity index (χ4v) is 3.08. The Bertz CT molecular complexity index is 352. The van der Waals surface area contributed by atoms with Gasteiger partial charge in [-0.3, -0.25) is 0 Å². The van der Waals surface area contributed by atoms with Crippen molar-refractivity contribution in [1.29, 1.82) is 5.26 Å². The van der Waals surface area contributed by atoms with E-state index in [2.05, 4.69) is 11.1 Å². The predicted octanol–water partition coefficient (Wildman–Crippen LogP) is 2.20. The molecule has 74 valence electrons. The van der Waals surface area contributed by atoms with E-state index in [0.717, 1.165) is 18.0 Å². The summed E-state index contributed by atoms with van der Waals surface area (Å²) in [4.78, 5) is 4.26. The third-order valence-corrected chi connectivity index (χ3v) is 4.12. The molecule has 1 aromatic rings. The summed E-state index contributed by atoms with van der Waals surface area (Å²) < 4.78 is 2.01. The fourth-order valence-electron chi connectivity index (χ4n) is 1.82. The minimum atomic E-state index is 0.219. The first-order chi connectivity index (χ1) is 6.81. The molecule has 1 fully saturated rings. The van der Waals surface area contributed by atoms with Crippen molar-refractivity contribution in [3.05, 3.63) is 12.4 Å². The van der Waals surface area contributed by atoms with Crippen LogP contribution in [0.4, 0.5) is 0 Å². The number of hydrogen-bond acceptors (Lipinski definition) is 3. The number of hydrogen-bond donors (Lipinski definition) is 0. The van der Waals surface area contributed by atoms with Gasteiger partial charge < -0.3 is 4.57 Å². The lowest BCUT2D eigenvalue weighted by atomic mass is 10.1. The summed E-state index contributed by atoms with van der Waals surface area (Å²) in [6.45, 7) is 0. The zero-order valence-corrected chi connectivity index (χ0v) is 9.00. The quantitative estimate of drug-likeness (QED) is 0.746. The van der Waals surface area contributed by atoms with Crippen LogP contribution in [0, 0.1) is 17.2 Å². The third kappa shape index (κ3) is 1.78. The zero-order valence-electron chi connectivity index (χ0n) is 8.18. The van der Waals surface area contributed by atoms with Crippen molar-refractivity contribution in [3.8, 4) is 6.07 Å². The van der Waals surface area contributed by atoms with E-state index in [1.165, 1.54) is 6.42 Å². The molecule has 0 aromatic carbocycles. The molecule has 14 heavy (non-hydrogen) atoms. The number of thioether (sulfide) groups is 1. The Hall–Kier alpha value is -0.950. The van der Waals surface area contributed by atoms with Gasteiger partial charge in [-0.05, 0) is 12.8 Å². The maximum absolute atomic E-state index is 8.94. The maximum atomic E-state index is 8.94. The normalized spacial score (nSPS) is 26.3. The zero-order chi connectivity index (χ0) is 9.97. The van der Waals surface area contributed by atoms with E-state index >= 15 is 0 Å². The molecular weight excluding hydrogens is 194 g/mol. The summed E-state index contributed by atoms with van der Waals surface area (Å²) in [6, 6.07) is 2.39. The maximum Gasteiger partial charge on any atom is 0.167 e. The molecule has 3 nitrogen and oxygen atoms in total. The van der Waals surface area contributed by atoms with Crippen LogP contribution in [-0.2, 0) is 7.05 Å². The second-order valence-corrected chi connectivity index (χ2v) is 4.85. The van der Waals surface area contributed by atoms with Crippen molar-refractivity contribution in [1.82, 2.24) is 9.55 Å². The summed E-state index contributed by atoms with van der Waals surface area (Å²) in [6.07, 6.45) is 7.13. The Balaban J connectivity index is 2.05. The largest absolute Gasteiger partial charge is 0.329 e. The van der Waals surface area contributed by atoms with Crippen LogP contribution < -0.4 is 0 Å². The van der Waals surface area contributed by atoms with Gasteiger partial charge in [0.25, 0.3) is 0 Å². The van der Waals surface area contributed by atoms with Gasteiger partial charge in [-0.1, -0.05) is 18.2 Å². The molecule has 1 saturated carbocycles. The van der Waals surface area contributed by atoms with Crippen LogP contribution in [0.1, 0.15) is 19.3 Å². The van der Waals surface area contributed by atoms with Gasteiger partial charge in [-0.15, -0.1) is 0 Å². The van der Waals surface area contributed by atoms with Gasteiger partial charge in [0.05, 0.1) is 12.0 Å². The van der Waals surface area contributed by atoms with Gasteiger partial charge in [0.2, 0.25) is 0 Å². The number of aryl methyl sites for hydroxylation is 1. The number of nitriles is 1. The van der Waals surface area contributed by atoms with E-state index in [9.17, 15) is 0 Å². The molecule has 0 bridgehead atoms. The molecule has 2 rings (SSSR count). The lowest BCUT2D eigenvalue weighted by molar-refractivity contribution is 0.706. The van der Waals surface area contributed by atoms with E-state index in [4.69, 9.17) is 5.26 Å². The van der Waals surface area contributed by atoms with E-state index < -0.39 is 0 Å². The molecule has 0 amide bonds. The van der Waals surface area contributed by atoms with Crippen LogP contribution >= 0.6 is 11.8 Å². The molecule has 1 heterocycles. The molecule has 1 aliphatic carbocycles. The number of rotatable bonds is 2. The van der Waals surface area contributed by atoms with Gasteiger partial charge >= 0.3 is 0 Å². The van der Waals surface area contributed by atoms with Crippen LogP contribution in [0.25, 0.3) is 0 Å². The van der Waals surface area contributed by atoms with Gasteiger partial charge in [0.15, 0.2) is 5.16 Å². The van der Waals surface area contributed by atoms with Crippen molar-refractivity contribution in [2.45, 2.75) is 29.7 Å². The first-order valence-electron chi connectivity index (χ1n) is 4.85. The molecule has 1 aromatic heterocycles. The standard InChI is InChI=1S/C10H13N3S/c1-13-6-5-12-10(13)14-9-4-2-3-8(9)7-11/h5-6,8-9H,2-4H2,1H3. The second kappa shape index (κ2) is 4.05. The van der Waals surface area contributed by atoms with E-state index in [1.54, 1.807) is 18.0 Å². The van der Waals surface area contributed by atoms with Gasteiger partial charge in [0, 0.05) is 24.7 Å². The highest BCUT2D eigenvalue weighted by atomic mass is 32.2. The van der Waals surface area contributed by atoms with Gasteiger partial charge in [-0.25, -0.2) is 4.98 Å². The fraction of sp³-hybridized carbons (Fsp3) is 0.600. The minimum absolute atomic E-state index is 0.219. The van der Waals surface area contributed by atoms with Crippen LogP contribution in [-0.4, -0.2) is 14.8 Å². The second-order valence-electron chi connectivity index (χ2n) is 3.64. The van der Waals surface area contributed by atoms with Crippen molar-refractivity contribution < 1.29 is 0 Å². The first kappa shape index (κ1) is 9.60. The Labute approximate surface area is 88.1 Å². The molecule has 1 aliphatic rings. The first-order valence-corrected chi connectivity index (χ1v) is 5.73. The van der Waals surface area contributed by atoms with Crippen molar-refractivity contribution in [3.63, 3.8) is 0 Å². The third-order valence-electron chi connectivity index (χ3n) is 2.65. The number of aromatic nitrogens is 2. The molecular formula is C10H13N3S. The lowest BCUT2D eigenvalue weighted by Crippen LogP contribution is -2.08. The predicted molar refractivity (Wildman–Crippen MR) is 55.8 cm³/mol.